The van der Waals surface area contributed by atoms with Crippen LogP contribution in [0.5, 0.6) is 5.75 Å². The van der Waals surface area contributed by atoms with Crippen LogP contribution in [0.4, 0.5) is 11.4 Å². The number of halogens is 1. The SMILES string of the molecule is COc1ccc(Nc2cccc(Cl)c2)c(C(=O)[O-])c1. The van der Waals surface area contributed by atoms with E-state index in [1.165, 1.54) is 13.2 Å². The second-order valence-electron chi connectivity index (χ2n) is 3.83. The number of carboxylic acids is 1. The lowest BCUT2D eigenvalue weighted by atomic mass is 10.1. The number of carbonyl (C=O) groups excluding carboxylic acids is 1. The summed E-state index contributed by atoms with van der Waals surface area (Å²) in [6, 6.07) is 11.7. The molecule has 0 heterocycles. The number of nitrogens with one attached hydrogen (secondary N) is 1. The summed E-state index contributed by atoms with van der Waals surface area (Å²) in [5.74, 6) is -0.820. The third-order valence-corrected chi connectivity index (χ3v) is 2.79. The molecule has 0 atom stereocenters. The third kappa shape index (κ3) is 3.17. The van der Waals surface area contributed by atoms with Crippen molar-refractivity contribution in [3.63, 3.8) is 0 Å². The summed E-state index contributed by atoms with van der Waals surface area (Å²) in [5, 5.41) is 14.7. The number of ether oxygens (including phenoxy) is 1. The van der Waals surface area contributed by atoms with Gasteiger partial charge in [0.15, 0.2) is 0 Å². The zero-order chi connectivity index (χ0) is 13.8. The quantitative estimate of drug-likeness (QED) is 0.932. The number of hydrogen-bond donors (Lipinski definition) is 1. The molecule has 0 radical (unpaired) electrons. The number of methoxy groups -OCH3 is 1. The lowest BCUT2D eigenvalue weighted by Gasteiger charge is -2.14. The fourth-order valence-corrected chi connectivity index (χ4v) is 1.84. The Hall–Kier alpha value is -2.20. The van der Waals surface area contributed by atoms with Crippen LogP contribution < -0.4 is 15.2 Å². The minimum Gasteiger partial charge on any atom is -0.545 e. The van der Waals surface area contributed by atoms with Crippen LogP contribution in [-0.4, -0.2) is 13.1 Å². The van der Waals surface area contributed by atoms with Crippen molar-refractivity contribution in [3.05, 3.63) is 53.1 Å². The van der Waals surface area contributed by atoms with E-state index in [0.717, 1.165) is 0 Å². The van der Waals surface area contributed by atoms with Gasteiger partial charge in [0.05, 0.1) is 13.1 Å². The maximum atomic E-state index is 11.1. The minimum absolute atomic E-state index is 0.0272. The zero-order valence-electron chi connectivity index (χ0n) is 10.1. The summed E-state index contributed by atoms with van der Waals surface area (Å²) in [7, 11) is 1.47. The van der Waals surface area contributed by atoms with E-state index in [1.807, 2.05) is 0 Å². The zero-order valence-corrected chi connectivity index (χ0v) is 10.9. The molecule has 0 unspecified atom stereocenters. The highest BCUT2D eigenvalue weighted by Gasteiger charge is 2.06. The molecular formula is C14H11ClNO3-. The van der Waals surface area contributed by atoms with Gasteiger partial charge in [0.25, 0.3) is 0 Å². The van der Waals surface area contributed by atoms with E-state index in [-0.39, 0.29) is 5.56 Å². The van der Waals surface area contributed by atoms with Crippen LogP contribution >= 0.6 is 11.6 Å². The molecule has 2 aromatic carbocycles. The predicted molar refractivity (Wildman–Crippen MR) is 72.1 cm³/mol. The van der Waals surface area contributed by atoms with Crippen LogP contribution in [0.15, 0.2) is 42.5 Å². The summed E-state index contributed by atoms with van der Waals surface area (Å²) in [6.45, 7) is 0. The Bertz CT molecular complexity index is 613. The van der Waals surface area contributed by atoms with Crippen molar-refractivity contribution in [2.75, 3.05) is 12.4 Å². The minimum atomic E-state index is -1.27. The molecule has 2 rings (SSSR count). The van der Waals surface area contributed by atoms with Crippen LogP contribution in [0.3, 0.4) is 0 Å². The van der Waals surface area contributed by atoms with Crippen LogP contribution in [0.1, 0.15) is 10.4 Å². The van der Waals surface area contributed by atoms with E-state index in [1.54, 1.807) is 36.4 Å². The molecule has 0 spiro atoms. The normalized spacial score (nSPS) is 10.0. The molecule has 2 aromatic rings. The first-order valence-electron chi connectivity index (χ1n) is 5.52. The molecule has 19 heavy (non-hydrogen) atoms. The maximum Gasteiger partial charge on any atom is 0.119 e. The third-order valence-electron chi connectivity index (χ3n) is 2.55. The smallest absolute Gasteiger partial charge is 0.119 e. The van der Waals surface area contributed by atoms with Crippen molar-refractivity contribution in [1.29, 1.82) is 0 Å². The number of carbonyl (C=O) groups is 1. The van der Waals surface area contributed by atoms with Gasteiger partial charge < -0.3 is 20.0 Å². The van der Waals surface area contributed by atoms with Gasteiger partial charge in [-0.25, -0.2) is 0 Å². The van der Waals surface area contributed by atoms with Gasteiger partial charge in [-0.15, -0.1) is 0 Å². The van der Waals surface area contributed by atoms with Crippen molar-refractivity contribution in [1.82, 2.24) is 0 Å². The lowest BCUT2D eigenvalue weighted by molar-refractivity contribution is -0.254. The second-order valence-corrected chi connectivity index (χ2v) is 4.27. The van der Waals surface area contributed by atoms with Crippen molar-refractivity contribution < 1.29 is 14.6 Å². The first-order valence-corrected chi connectivity index (χ1v) is 5.90. The predicted octanol–water partition coefficient (Wildman–Crippen LogP) is 2.46. The van der Waals surface area contributed by atoms with Crippen molar-refractivity contribution in [2.24, 2.45) is 0 Å². The van der Waals surface area contributed by atoms with E-state index in [9.17, 15) is 9.90 Å². The Morgan fingerprint density at radius 1 is 1.26 bits per heavy atom. The number of hydrogen-bond acceptors (Lipinski definition) is 4. The summed E-state index contributed by atoms with van der Waals surface area (Å²) in [6.07, 6.45) is 0. The molecule has 98 valence electrons. The first kappa shape index (κ1) is 13.2. The number of anilines is 2. The van der Waals surface area contributed by atoms with E-state index < -0.39 is 5.97 Å². The fraction of sp³-hybridized carbons (Fsp3) is 0.0714. The fourth-order valence-electron chi connectivity index (χ4n) is 1.65. The van der Waals surface area contributed by atoms with Crippen LogP contribution in [0, 0.1) is 0 Å². The topological polar surface area (TPSA) is 61.4 Å². The van der Waals surface area contributed by atoms with E-state index >= 15 is 0 Å². The van der Waals surface area contributed by atoms with Crippen molar-refractivity contribution >= 4 is 28.9 Å². The molecule has 0 saturated heterocycles. The average molecular weight is 277 g/mol. The number of benzene rings is 2. The van der Waals surface area contributed by atoms with Gasteiger partial charge in [-0.1, -0.05) is 17.7 Å². The summed E-state index contributed by atoms with van der Waals surface area (Å²) in [5.41, 5.74) is 1.14. The van der Waals surface area contributed by atoms with Gasteiger partial charge in [0.2, 0.25) is 0 Å². The monoisotopic (exact) mass is 276 g/mol. The van der Waals surface area contributed by atoms with Gasteiger partial charge in [-0.05, 0) is 36.4 Å². The van der Waals surface area contributed by atoms with Gasteiger partial charge in [0.1, 0.15) is 5.75 Å². The molecule has 5 heteroatoms. The largest absolute Gasteiger partial charge is 0.545 e. The number of aromatic carboxylic acids is 1. The Kier molecular flexibility index (Phi) is 3.92. The molecule has 4 nitrogen and oxygen atoms in total. The van der Waals surface area contributed by atoms with Crippen molar-refractivity contribution in [2.45, 2.75) is 0 Å². The van der Waals surface area contributed by atoms with E-state index in [2.05, 4.69) is 5.32 Å². The molecule has 0 fully saturated rings. The molecule has 0 aliphatic rings. The standard InChI is InChI=1S/C14H12ClNO3/c1-19-11-5-6-13(12(8-11)14(17)18)16-10-4-2-3-9(15)7-10/h2-8,16H,1H3,(H,17,18)/p-1. The summed E-state index contributed by atoms with van der Waals surface area (Å²) in [4.78, 5) is 11.1. The molecule has 0 aromatic heterocycles. The molecule has 0 bridgehead atoms. The lowest BCUT2D eigenvalue weighted by Crippen LogP contribution is -2.23. The number of carboxylic acid groups (broad SMARTS) is 1. The molecule has 0 aliphatic heterocycles. The molecule has 0 saturated carbocycles. The van der Waals surface area contributed by atoms with E-state index in [4.69, 9.17) is 16.3 Å². The van der Waals surface area contributed by atoms with Gasteiger partial charge >= 0.3 is 0 Å². The molecule has 0 aliphatic carbocycles. The van der Waals surface area contributed by atoms with Gasteiger partial charge in [-0.3, -0.25) is 0 Å². The second kappa shape index (κ2) is 5.63. The van der Waals surface area contributed by atoms with Crippen LogP contribution in [0.25, 0.3) is 0 Å². The Labute approximate surface area is 115 Å². The van der Waals surface area contributed by atoms with Gasteiger partial charge in [-0.2, -0.15) is 0 Å². The molecular weight excluding hydrogens is 266 g/mol. The average Bonchev–Trinajstić information content (AvgIpc) is 2.39. The first-order chi connectivity index (χ1) is 9.10. The Balaban J connectivity index is 2.36. The Morgan fingerprint density at radius 2 is 2.05 bits per heavy atom. The Morgan fingerprint density at radius 3 is 2.68 bits per heavy atom. The van der Waals surface area contributed by atoms with Crippen LogP contribution in [-0.2, 0) is 0 Å². The highest BCUT2D eigenvalue weighted by molar-refractivity contribution is 6.30. The molecule has 1 N–H and O–H groups in total. The summed E-state index contributed by atoms with van der Waals surface area (Å²) >= 11 is 5.87. The van der Waals surface area contributed by atoms with Crippen LogP contribution in [0.2, 0.25) is 5.02 Å². The number of rotatable bonds is 4. The summed E-state index contributed by atoms with van der Waals surface area (Å²) < 4.78 is 4.99. The highest BCUT2D eigenvalue weighted by Crippen LogP contribution is 2.26. The highest BCUT2D eigenvalue weighted by atomic mass is 35.5. The maximum absolute atomic E-state index is 11.1. The molecule has 0 amide bonds. The van der Waals surface area contributed by atoms with Gasteiger partial charge in [0, 0.05) is 22.0 Å². The van der Waals surface area contributed by atoms with Crippen molar-refractivity contribution in [3.8, 4) is 5.75 Å². The van der Waals surface area contributed by atoms with E-state index in [0.29, 0.717) is 22.1 Å².